The summed E-state index contributed by atoms with van der Waals surface area (Å²) in [5, 5.41) is 9.51. The fraction of sp³-hybridized carbons (Fsp3) is 0. The summed E-state index contributed by atoms with van der Waals surface area (Å²) in [7, 11) is 0. The van der Waals surface area contributed by atoms with E-state index in [1.54, 1.807) is 0 Å². The van der Waals surface area contributed by atoms with E-state index >= 15 is 0 Å². The van der Waals surface area contributed by atoms with Crippen LogP contribution in [0.2, 0.25) is 0 Å². The number of hydrogen-bond acceptors (Lipinski definition) is 1. The van der Waals surface area contributed by atoms with Gasteiger partial charge in [0.1, 0.15) is 11.2 Å². The molecule has 0 N–H and O–H groups in total. The molecule has 2 aromatic heterocycles. The van der Waals surface area contributed by atoms with Crippen LogP contribution in [0.25, 0.3) is 71.0 Å². The number of furan rings is 1. The minimum absolute atomic E-state index is 0.887. The van der Waals surface area contributed by atoms with Gasteiger partial charge in [-0.05, 0) is 51.9 Å². The minimum Gasteiger partial charge on any atom is -0.456 e. The molecule has 38 heavy (non-hydrogen) atoms. The molecule has 0 aliphatic heterocycles. The number of fused-ring (bicyclic) bond motifs is 10. The lowest BCUT2D eigenvalue weighted by Crippen LogP contribution is -1.97. The van der Waals surface area contributed by atoms with Gasteiger partial charge in [-0.3, -0.25) is 0 Å². The Hall–Kier alpha value is -5.08. The second kappa shape index (κ2) is 8.22. The molecule has 0 aliphatic rings. The summed E-state index contributed by atoms with van der Waals surface area (Å²) in [5.41, 5.74) is 5.13. The highest BCUT2D eigenvalue weighted by molar-refractivity contribution is 6.22. The molecule has 8 aromatic rings. The van der Waals surface area contributed by atoms with Gasteiger partial charge in [0, 0.05) is 33.3 Å². The van der Waals surface area contributed by atoms with Crippen LogP contribution in [0.15, 0.2) is 144 Å². The SMILES string of the molecule is c1ccc(-n2c3ccccc3c3ccccc3c3ccccc3c3cc4c(cc32)oc2ccccc24)cc1. The number of benzene rings is 6. The average molecular weight is 486 g/mol. The Morgan fingerprint density at radius 1 is 0.342 bits per heavy atom. The molecule has 0 fully saturated rings. The lowest BCUT2D eigenvalue weighted by Gasteiger charge is -2.13. The van der Waals surface area contributed by atoms with Gasteiger partial charge < -0.3 is 8.98 Å². The van der Waals surface area contributed by atoms with Crippen molar-refractivity contribution in [2.24, 2.45) is 0 Å². The van der Waals surface area contributed by atoms with Crippen LogP contribution in [0, 0.1) is 0 Å². The van der Waals surface area contributed by atoms with Gasteiger partial charge in [-0.15, -0.1) is 0 Å². The van der Waals surface area contributed by atoms with E-state index < -0.39 is 0 Å². The highest BCUT2D eigenvalue weighted by atomic mass is 16.3. The molecule has 0 atom stereocenters. The Labute approximate surface area is 219 Å². The van der Waals surface area contributed by atoms with Crippen LogP contribution in [0.4, 0.5) is 0 Å². The van der Waals surface area contributed by atoms with Crippen LogP contribution in [-0.4, -0.2) is 4.57 Å². The van der Waals surface area contributed by atoms with E-state index in [1.165, 1.54) is 32.3 Å². The van der Waals surface area contributed by atoms with Gasteiger partial charge in [0.2, 0.25) is 0 Å². The highest BCUT2D eigenvalue weighted by Gasteiger charge is 2.14. The van der Waals surface area contributed by atoms with Gasteiger partial charge in [-0.1, -0.05) is 103 Å². The molecule has 2 heteroatoms. The Morgan fingerprint density at radius 3 is 1.58 bits per heavy atom. The molecular weight excluding hydrogens is 462 g/mol. The topological polar surface area (TPSA) is 18.1 Å². The molecule has 0 saturated carbocycles. The van der Waals surface area contributed by atoms with Gasteiger partial charge in [0.05, 0.1) is 11.0 Å². The van der Waals surface area contributed by atoms with Crippen molar-refractivity contribution < 1.29 is 4.42 Å². The first-order valence-electron chi connectivity index (χ1n) is 13.0. The molecule has 0 radical (unpaired) electrons. The molecular formula is C36H23NO. The van der Waals surface area contributed by atoms with E-state index in [0.29, 0.717) is 0 Å². The second-order valence-electron chi connectivity index (χ2n) is 9.74. The molecule has 0 spiro atoms. The zero-order valence-corrected chi connectivity index (χ0v) is 20.6. The van der Waals surface area contributed by atoms with Gasteiger partial charge in [0.15, 0.2) is 0 Å². The molecule has 2 nitrogen and oxygen atoms in total. The first kappa shape index (κ1) is 21.0. The maximum atomic E-state index is 6.42. The molecule has 0 amide bonds. The third-order valence-corrected chi connectivity index (χ3v) is 7.62. The third-order valence-electron chi connectivity index (χ3n) is 7.62. The van der Waals surface area contributed by atoms with Crippen molar-refractivity contribution in [1.82, 2.24) is 4.57 Å². The Bertz CT molecular complexity index is 2230. The zero-order valence-electron chi connectivity index (χ0n) is 20.6. The summed E-state index contributed by atoms with van der Waals surface area (Å²) in [6, 6.07) is 49.7. The fourth-order valence-electron chi connectivity index (χ4n) is 5.95. The quantitative estimate of drug-likeness (QED) is 0.226. The van der Waals surface area contributed by atoms with E-state index in [-0.39, 0.29) is 0 Å². The number of aromatic nitrogens is 1. The predicted octanol–water partition coefficient (Wildman–Crippen LogP) is 10.1. The van der Waals surface area contributed by atoms with Crippen LogP contribution in [0.3, 0.4) is 0 Å². The van der Waals surface area contributed by atoms with Gasteiger partial charge in [0.25, 0.3) is 0 Å². The first-order valence-corrected chi connectivity index (χ1v) is 13.0. The van der Waals surface area contributed by atoms with Crippen LogP contribution in [0.1, 0.15) is 0 Å². The van der Waals surface area contributed by atoms with Gasteiger partial charge in [-0.2, -0.15) is 0 Å². The second-order valence-corrected chi connectivity index (χ2v) is 9.74. The standard InChI is InChI=1S/C36H23NO/c1-2-12-24(13-3-1)37-33-20-10-8-18-29(33)27-16-6-4-14-25(27)26-15-5-7-17-28(26)31-22-32-30-19-9-11-21-35(30)38-36(32)23-34(31)37/h1-23H. The normalized spacial score (nSPS) is 11.7. The van der Waals surface area contributed by atoms with Crippen molar-refractivity contribution in [3.8, 4) is 5.69 Å². The van der Waals surface area contributed by atoms with Crippen LogP contribution >= 0.6 is 0 Å². The van der Waals surface area contributed by atoms with E-state index in [9.17, 15) is 0 Å². The first-order chi connectivity index (χ1) is 18.9. The van der Waals surface area contributed by atoms with Crippen LogP contribution in [-0.2, 0) is 0 Å². The Kier molecular flexibility index (Phi) is 4.55. The molecule has 0 unspecified atom stereocenters. The van der Waals surface area contributed by atoms with E-state index in [2.05, 4.69) is 132 Å². The maximum Gasteiger partial charge on any atom is 0.137 e. The van der Waals surface area contributed by atoms with E-state index in [1.807, 2.05) is 12.1 Å². The lowest BCUT2D eigenvalue weighted by molar-refractivity contribution is 0.669. The van der Waals surface area contributed by atoms with Crippen molar-refractivity contribution >= 4 is 65.3 Å². The van der Waals surface area contributed by atoms with Crippen LogP contribution in [0.5, 0.6) is 0 Å². The summed E-state index contributed by atoms with van der Waals surface area (Å²) in [4.78, 5) is 0. The van der Waals surface area contributed by atoms with Crippen molar-refractivity contribution in [2.75, 3.05) is 0 Å². The number of nitrogens with zero attached hydrogens (tertiary/aromatic N) is 1. The highest BCUT2D eigenvalue weighted by Crippen LogP contribution is 2.38. The summed E-state index contributed by atoms with van der Waals surface area (Å²) >= 11 is 0. The van der Waals surface area contributed by atoms with Gasteiger partial charge >= 0.3 is 0 Å². The fourth-order valence-corrected chi connectivity index (χ4v) is 5.95. The summed E-state index contributed by atoms with van der Waals surface area (Å²) in [6.45, 7) is 0. The van der Waals surface area contributed by atoms with Crippen molar-refractivity contribution in [3.05, 3.63) is 140 Å². The van der Waals surface area contributed by atoms with Crippen LogP contribution < -0.4 is 0 Å². The van der Waals surface area contributed by atoms with Crippen molar-refractivity contribution in [1.29, 1.82) is 0 Å². The number of para-hydroxylation sites is 3. The predicted molar refractivity (Wildman–Crippen MR) is 161 cm³/mol. The zero-order chi connectivity index (χ0) is 25.1. The largest absolute Gasteiger partial charge is 0.456 e. The molecule has 178 valence electrons. The summed E-state index contributed by atoms with van der Waals surface area (Å²) in [5.74, 6) is 0. The summed E-state index contributed by atoms with van der Waals surface area (Å²) in [6.07, 6.45) is 0. The van der Waals surface area contributed by atoms with E-state index in [4.69, 9.17) is 4.42 Å². The van der Waals surface area contributed by atoms with Gasteiger partial charge in [-0.25, -0.2) is 0 Å². The Balaban J connectivity index is 1.79. The monoisotopic (exact) mass is 485 g/mol. The van der Waals surface area contributed by atoms with E-state index in [0.717, 1.165) is 38.7 Å². The molecule has 0 aliphatic carbocycles. The van der Waals surface area contributed by atoms with Crippen molar-refractivity contribution in [3.63, 3.8) is 0 Å². The molecule has 0 bridgehead atoms. The molecule has 6 aromatic carbocycles. The minimum atomic E-state index is 0.887. The Morgan fingerprint density at radius 2 is 0.868 bits per heavy atom. The summed E-state index contributed by atoms with van der Waals surface area (Å²) < 4.78 is 8.80. The molecule has 0 saturated heterocycles. The lowest BCUT2D eigenvalue weighted by atomic mass is 10.0. The molecule has 2 heterocycles. The maximum absolute atomic E-state index is 6.42. The average Bonchev–Trinajstić information content (AvgIpc) is 3.36. The molecule has 8 rings (SSSR count). The smallest absolute Gasteiger partial charge is 0.137 e. The number of hydrogen-bond donors (Lipinski definition) is 0. The third kappa shape index (κ3) is 3.07. The van der Waals surface area contributed by atoms with Crippen molar-refractivity contribution in [2.45, 2.75) is 0 Å². The number of rotatable bonds is 1.